The van der Waals surface area contributed by atoms with E-state index in [2.05, 4.69) is 19.2 Å². The largest absolute Gasteiger partial charge is 0.381 e. The summed E-state index contributed by atoms with van der Waals surface area (Å²) in [5, 5.41) is 3.02. The van der Waals surface area contributed by atoms with Gasteiger partial charge < -0.3 is 20.5 Å². The lowest BCUT2D eigenvalue weighted by Gasteiger charge is -2.28. The molecule has 2 aliphatic rings. The van der Waals surface area contributed by atoms with Gasteiger partial charge in [-0.2, -0.15) is 0 Å². The average molecular weight is 321 g/mol. The van der Waals surface area contributed by atoms with Crippen LogP contribution in [0.5, 0.6) is 0 Å². The van der Waals surface area contributed by atoms with Crippen molar-refractivity contribution >= 4 is 18.3 Å². The molecule has 6 heteroatoms. The molecule has 0 radical (unpaired) electrons. The van der Waals surface area contributed by atoms with Crippen LogP contribution in [-0.2, 0) is 14.3 Å². The highest BCUT2D eigenvalue weighted by Crippen LogP contribution is 2.26. The van der Waals surface area contributed by atoms with Crippen molar-refractivity contribution in [2.24, 2.45) is 23.5 Å². The van der Waals surface area contributed by atoms with Gasteiger partial charge in [-0.25, -0.2) is 0 Å². The van der Waals surface area contributed by atoms with Crippen molar-refractivity contribution < 1.29 is 14.3 Å². The number of amides is 1. The van der Waals surface area contributed by atoms with Crippen molar-refractivity contribution in [2.75, 3.05) is 26.4 Å². The summed E-state index contributed by atoms with van der Waals surface area (Å²) in [5.74, 6) is 1.14. The number of halogens is 1. The highest BCUT2D eigenvalue weighted by Gasteiger charge is 2.32. The Morgan fingerprint density at radius 2 is 1.90 bits per heavy atom. The van der Waals surface area contributed by atoms with Crippen LogP contribution in [0.25, 0.3) is 0 Å². The summed E-state index contributed by atoms with van der Waals surface area (Å²) in [6, 6.07) is -0.404. The van der Waals surface area contributed by atoms with Gasteiger partial charge in [-0.3, -0.25) is 4.79 Å². The molecule has 1 amide bonds. The van der Waals surface area contributed by atoms with Crippen LogP contribution < -0.4 is 11.1 Å². The van der Waals surface area contributed by atoms with E-state index in [0.717, 1.165) is 39.1 Å². The highest BCUT2D eigenvalue weighted by molar-refractivity contribution is 5.85. The molecule has 3 atom stereocenters. The lowest BCUT2D eigenvalue weighted by molar-refractivity contribution is -0.124. The summed E-state index contributed by atoms with van der Waals surface area (Å²) in [5.41, 5.74) is 6.07. The molecule has 124 valence electrons. The maximum atomic E-state index is 12.2. The third kappa shape index (κ3) is 5.09. The van der Waals surface area contributed by atoms with Crippen molar-refractivity contribution in [3.8, 4) is 0 Å². The third-order valence-electron chi connectivity index (χ3n) is 4.54. The smallest absolute Gasteiger partial charge is 0.237 e. The van der Waals surface area contributed by atoms with Crippen LogP contribution in [0.1, 0.15) is 33.1 Å². The van der Waals surface area contributed by atoms with E-state index in [9.17, 15) is 4.79 Å². The first-order chi connectivity index (χ1) is 9.59. The van der Waals surface area contributed by atoms with Gasteiger partial charge in [0.15, 0.2) is 0 Å². The van der Waals surface area contributed by atoms with Gasteiger partial charge >= 0.3 is 0 Å². The van der Waals surface area contributed by atoms with E-state index >= 15 is 0 Å². The van der Waals surface area contributed by atoms with Crippen LogP contribution in [-0.4, -0.2) is 44.4 Å². The van der Waals surface area contributed by atoms with Crippen molar-refractivity contribution in [3.63, 3.8) is 0 Å². The summed E-state index contributed by atoms with van der Waals surface area (Å²) in [6.07, 6.45) is 3.05. The summed E-state index contributed by atoms with van der Waals surface area (Å²) in [6.45, 7) is 7.25. The van der Waals surface area contributed by atoms with Gasteiger partial charge in [0.2, 0.25) is 5.91 Å². The monoisotopic (exact) mass is 320 g/mol. The molecule has 2 heterocycles. The first kappa shape index (κ1) is 18.7. The fourth-order valence-corrected chi connectivity index (χ4v) is 3.25. The topological polar surface area (TPSA) is 73.6 Å². The molecule has 0 aromatic heterocycles. The normalized spacial score (nSPS) is 28.2. The molecular formula is C15H29ClN2O3. The Kier molecular flexibility index (Phi) is 7.95. The standard InChI is InChI=1S/C15H28N2O3.ClH/c1-10(2)14-12(5-8-20-14)9-17-15(18)13(16)11-3-6-19-7-4-11;/h10-14H,3-9,16H2,1-2H3,(H,17,18);1H. The Balaban J connectivity index is 0.00000220. The molecule has 0 aliphatic carbocycles. The molecule has 3 N–H and O–H groups in total. The van der Waals surface area contributed by atoms with Crippen LogP contribution in [0.4, 0.5) is 0 Å². The fraction of sp³-hybridized carbons (Fsp3) is 0.933. The number of nitrogens with two attached hydrogens (primary N) is 1. The maximum absolute atomic E-state index is 12.2. The number of nitrogens with one attached hydrogen (secondary N) is 1. The second-order valence-corrected chi connectivity index (χ2v) is 6.35. The Hall–Kier alpha value is -0.360. The van der Waals surface area contributed by atoms with Gasteiger partial charge in [-0.15, -0.1) is 12.4 Å². The number of ether oxygens (including phenoxy) is 2. The van der Waals surface area contributed by atoms with Gasteiger partial charge in [0.05, 0.1) is 12.1 Å². The minimum Gasteiger partial charge on any atom is -0.381 e. The maximum Gasteiger partial charge on any atom is 0.237 e. The van der Waals surface area contributed by atoms with E-state index in [-0.39, 0.29) is 30.3 Å². The van der Waals surface area contributed by atoms with E-state index < -0.39 is 6.04 Å². The molecule has 5 nitrogen and oxygen atoms in total. The van der Waals surface area contributed by atoms with E-state index in [1.165, 1.54) is 0 Å². The second kappa shape index (κ2) is 8.93. The van der Waals surface area contributed by atoms with Gasteiger partial charge in [0.25, 0.3) is 0 Å². The zero-order valence-corrected chi connectivity index (χ0v) is 13.9. The number of hydrogen-bond acceptors (Lipinski definition) is 4. The second-order valence-electron chi connectivity index (χ2n) is 6.35. The van der Waals surface area contributed by atoms with E-state index in [0.29, 0.717) is 18.4 Å². The number of carbonyl (C=O) groups is 1. The lowest BCUT2D eigenvalue weighted by Crippen LogP contribution is -2.48. The predicted octanol–water partition coefficient (Wildman–Crippen LogP) is 1.34. The SMILES string of the molecule is CC(C)C1OCCC1CNC(=O)C(N)C1CCOCC1.Cl. The minimum absolute atomic E-state index is 0. The van der Waals surface area contributed by atoms with Crippen LogP contribution in [0.2, 0.25) is 0 Å². The molecule has 0 aromatic rings. The first-order valence-electron chi connectivity index (χ1n) is 7.82. The Morgan fingerprint density at radius 1 is 1.24 bits per heavy atom. The average Bonchev–Trinajstić information content (AvgIpc) is 2.93. The van der Waals surface area contributed by atoms with Crippen molar-refractivity contribution in [3.05, 3.63) is 0 Å². The Morgan fingerprint density at radius 3 is 2.52 bits per heavy atom. The van der Waals surface area contributed by atoms with Crippen molar-refractivity contribution in [1.29, 1.82) is 0 Å². The molecule has 0 saturated carbocycles. The molecule has 0 aromatic carbocycles. The van der Waals surface area contributed by atoms with Gasteiger partial charge in [0, 0.05) is 32.3 Å². The number of rotatable bonds is 5. The van der Waals surface area contributed by atoms with E-state index in [1.54, 1.807) is 0 Å². The number of hydrogen-bond donors (Lipinski definition) is 2. The zero-order chi connectivity index (χ0) is 14.5. The molecular weight excluding hydrogens is 292 g/mol. The van der Waals surface area contributed by atoms with Crippen LogP contribution in [0.15, 0.2) is 0 Å². The fourth-order valence-electron chi connectivity index (χ4n) is 3.25. The highest BCUT2D eigenvalue weighted by atomic mass is 35.5. The van der Waals surface area contributed by atoms with Crippen LogP contribution in [0, 0.1) is 17.8 Å². The quantitative estimate of drug-likeness (QED) is 0.801. The van der Waals surface area contributed by atoms with Crippen LogP contribution >= 0.6 is 12.4 Å². The van der Waals surface area contributed by atoms with Crippen molar-refractivity contribution in [2.45, 2.75) is 45.3 Å². The van der Waals surface area contributed by atoms with Crippen LogP contribution in [0.3, 0.4) is 0 Å². The van der Waals surface area contributed by atoms with Gasteiger partial charge in [-0.05, 0) is 31.1 Å². The summed E-state index contributed by atoms with van der Waals surface area (Å²) >= 11 is 0. The van der Waals surface area contributed by atoms with E-state index in [4.69, 9.17) is 15.2 Å². The molecule has 3 unspecified atom stereocenters. The number of carbonyl (C=O) groups excluding carboxylic acids is 1. The molecule has 21 heavy (non-hydrogen) atoms. The van der Waals surface area contributed by atoms with Gasteiger partial charge in [-0.1, -0.05) is 13.8 Å². The molecule has 0 spiro atoms. The lowest BCUT2D eigenvalue weighted by atomic mass is 9.90. The summed E-state index contributed by atoms with van der Waals surface area (Å²) in [7, 11) is 0. The molecule has 2 rings (SSSR count). The third-order valence-corrected chi connectivity index (χ3v) is 4.54. The predicted molar refractivity (Wildman–Crippen MR) is 84.5 cm³/mol. The molecule has 2 saturated heterocycles. The van der Waals surface area contributed by atoms with E-state index in [1.807, 2.05) is 0 Å². The minimum atomic E-state index is -0.404. The first-order valence-corrected chi connectivity index (χ1v) is 7.82. The Labute approximate surface area is 133 Å². The molecule has 0 bridgehead atoms. The zero-order valence-electron chi connectivity index (χ0n) is 13.0. The summed E-state index contributed by atoms with van der Waals surface area (Å²) in [4.78, 5) is 12.2. The van der Waals surface area contributed by atoms with Crippen molar-refractivity contribution in [1.82, 2.24) is 5.32 Å². The van der Waals surface area contributed by atoms with Gasteiger partial charge in [0.1, 0.15) is 0 Å². The molecule has 2 fully saturated rings. The molecule has 2 aliphatic heterocycles. The Bertz CT molecular complexity index is 322. The summed E-state index contributed by atoms with van der Waals surface area (Å²) < 4.78 is 11.0.